The fourth-order valence-electron chi connectivity index (χ4n) is 2.11. The van der Waals surface area contributed by atoms with E-state index >= 15 is 0 Å². The van der Waals surface area contributed by atoms with Crippen LogP contribution in [0.4, 0.5) is 0 Å². The van der Waals surface area contributed by atoms with Crippen LogP contribution in [0.2, 0.25) is 39.3 Å². The molecule has 90 valence electrons. The van der Waals surface area contributed by atoms with Crippen molar-refractivity contribution in [3.63, 3.8) is 0 Å². The van der Waals surface area contributed by atoms with Crippen LogP contribution in [0.25, 0.3) is 0 Å². The van der Waals surface area contributed by atoms with Gasteiger partial charge in [0.05, 0.1) is 0 Å². The summed E-state index contributed by atoms with van der Waals surface area (Å²) in [5.74, 6) is 0.563. The summed E-state index contributed by atoms with van der Waals surface area (Å²) >= 11 is 0. The fourth-order valence-corrected chi connectivity index (χ4v) is 11.7. The molecule has 0 fully saturated rings. The Morgan fingerprint density at radius 1 is 1.19 bits per heavy atom. The average Bonchev–Trinajstić information content (AvgIpc) is 2.03. The monoisotopic (exact) mass is 257 g/mol. The SMILES string of the molecule is C[Si](C)(C)N(C1=NC=NC[N+]1=O)[Si](C)(C)C. The normalized spacial score (nSPS) is 17.4. The van der Waals surface area contributed by atoms with Crippen LogP contribution in [-0.2, 0) is 0 Å². The minimum absolute atomic E-state index is 0.171. The second kappa shape index (κ2) is 4.21. The highest BCUT2D eigenvalue weighted by Gasteiger charge is 2.45. The van der Waals surface area contributed by atoms with Crippen LogP contribution in [0.15, 0.2) is 9.98 Å². The van der Waals surface area contributed by atoms with Gasteiger partial charge in [0.15, 0.2) is 6.34 Å². The predicted molar refractivity (Wildman–Crippen MR) is 73.0 cm³/mol. The number of nitroso groups, excluding NO2 is 1. The van der Waals surface area contributed by atoms with Gasteiger partial charge < -0.3 is 4.23 Å². The Kier molecular flexibility index (Phi) is 3.48. The Balaban J connectivity index is 3.17. The van der Waals surface area contributed by atoms with Crippen molar-refractivity contribution in [1.29, 1.82) is 0 Å². The summed E-state index contributed by atoms with van der Waals surface area (Å²) in [5, 5.41) is 0. The summed E-state index contributed by atoms with van der Waals surface area (Å²) in [6, 6.07) is 0. The van der Waals surface area contributed by atoms with Crippen molar-refractivity contribution < 1.29 is 4.76 Å². The van der Waals surface area contributed by atoms with Crippen molar-refractivity contribution in [1.82, 2.24) is 4.23 Å². The Hall–Kier alpha value is -0.826. The molecule has 0 aliphatic carbocycles. The second-order valence-electron chi connectivity index (χ2n) is 5.92. The summed E-state index contributed by atoms with van der Waals surface area (Å²) < 4.78 is 3.20. The Bertz CT molecular complexity index is 338. The first-order valence-corrected chi connectivity index (χ1v) is 12.3. The standard InChI is InChI=1S/C9H21N4OSi2/c1-15(2,3)13(16(4,5)6)9-11-7-10-8-12(9)14/h7H,8H2,1-6H3/q+1. The molecule has 0 saturated carbocycles. The molecule has 16 heavy (non-hydrogen) atoms. The quantitative estimate of drug-likeness (QED) is 0.562. The van der Waals surface area contributed by atoms with Gasteiger partial charge in [-0.05, 0) is 44.0 Å². The molecular formula is C9H21N4OSi2+. The summed E-state index contributed by atoms with van der Waals surface area (Å²) in [6.07, 6.45) is 1.50. The van der Waals surface area contributed by atoms with Gasteiger partial charge in [-0.3, -0.25) is 0 Å². The molecule has 0 spiro atoms. The molecule has 0 bridgehead atoms. The first-order chi connectivity index (χ1) is 7.14. The highest BCUT2D eigenvalue weighted by Crippen LogP contribution is 2.21. The van der Waals surface area contributed by atoms with E-state index in [9.17, 15) is 4.91 Å². The fraction of sp³-hybridized carbons (Fsp3) is 0.778. The molecule has 1 aliphatic heterocycles. The lowest BCUT2D eigenvalue weighted by Crippen LogP contribution is -2.64. The van der Waals surface area contributed by atoms with E-state index in [1.807, 2.05) is 0 Å². The lowest BCUT2D eigenvalue weighted by molar-refractivity contribution is -0.437. The van der Waals surface area contributed by atoms with Crippen LogP contribution in [-0.4, -0.2) is 44.4 Å². The van der Waals surface area contributed by atoms with E-state index < -0.39 is 16.5 Å². The maximum Gasteiger partial charge on any atom is 0.408 e. The van der Waals surface area contributed by atoms with Gasteiger partial charge in [0.25, 0.3) is 0 Å². The number of aliphatic imine (C=N–C) groups is 2. The lowest BCUT2D eigenvalue weighted by atomic mass is 10.8. The molecule has 1 aliphatic rings. The molecule has 1 rings (SSSR count). The van der Waals surface area contributed by atoms with Crippen LogP contribution >= 0.6 is 0 Å². The molecule has 0 radical (unpaired) electrons. The number of nitrogens with zero attached hydrogens (tertiary/aromatic N) is 4. The Labute approximate surface area is 99.0 Å². The molecule has 7 heteroatoms. The minimum atomic E-state index is -1.59. The largest absolute Gasteiger partial charge is 0.408 e. The number of rotatable bonds is 2. The molecule has 0 N–H and O–H groups in total. The second-order valence-corrected chi connectivity index (χ2v) is 15.9. The number of hydrogen-bond donors (Lipinski definition) is 0. The van der Waals surface area contributed by atoms with E-state index in [0.29, 0.717) is 5.96 Å². The summed E-state index contributed by atoms with van der Waals surface area (Å²) in [5.41, 5.74) is 0. The minimum Gasteiger partial charge on any atom is -0.342 e. The van der Waals surface area contributed by atoms with Crippen molar-refractivity contribution in [3.05, 3.63) is 4.91 Å². The van der Waals surface area contributed by atoms with E-state index in [-0.39, 0.29) is 6.67 Å². The van der Waals surface area contributed by atoms with Gasteiger partial charge >= 0.3 is 5.96 Å². The van der Waals surface area contributed by atoms with E-state index in [0.717, 1.165) is 4.76 Å². The smallest absolute Gasteiger partial charge is 0.342 e. The van der Waals surface area contributed by atoms with Gasteiger partial charge in [-0.25, -0.2) is 4.99 Å². The highest BCUT2D eigenvalue weighted by molar-refractivity contribution is 6.92. The molecular weight excluding hydrogens is 236 g/mol. The highest BCUT2D eigenvalue weighted by atomic mass is 28.4. The van der Waals surface area contributed by atoms with Crippen LogP contribution in [0.1, 0.15) is 0 Å². The molecule has 0 unspecified atom stereocenters. The summed E-state index contributed by atoms with van der Waals surface area (Å²) in [4.78, 5) is 19.8. The molecule has 0 atom stereocenters. The van der Waals surface area contributed by atoms with E-state index in [4.69, 9.17) is 0 Å². The maximum absolute atomic E-state index is 11.8. The van der Waals surface area contributed by atoms with Gasteiger partial charge in [-0.15, -0.1) is 0 Å². The van der Waals surface area contributed by atoms with Crippen LogP contribution in [0.3, 0.4) is 0 Å². The van der Waals surface area contributed by atoms with Gasteiger partial charge in [-0.2, -0.15) is 0 Å². The molecule has 0 amide bonds. The van der Waals surface area contributed by atoms with Crippen molar-refractivity contribution in [2.75, 3.05) is 6.67 Å². The topological polar surface area (TPSA) is 48.0 Å². The summed E-state index contributed by atoms with van der Waals surface area (Å²) in [7, 11) is -3.18. The zero-order chi connectivity index (χ0) is 12.6. The van der Waals surface area contributed by atoms with Crippen molar-refractivity contribution in [3.8, 4) is 0 Å². The lowest BCUT2D eigenvalue weighted by Gasteiger charge is -2.39. The van der Waals surface area contributed by atoms with Gasteiger partial charge in [0, 0.05) is 0 Å². The first-order valence-electron chi connectivity index (χ1n) is 5.45. The molecule has 0 aromatic rings. The van der Waals surface area contributed by atoms with Crippen molar-refractivity contribution in [2.24, 2.45) is 9.98 Å². The van der Waals surface area contributed by atoms with Gasteiger partial charge in [-0.1, -0.05) is 9.90 Å². The molecule has 0 saturated heterocycles. The van der Waals surface area contributed by atoms with Crippen LogP contribution < -0.4 is 0 Å². The van der Waals surface area contributed by atoms with Crippen LogP contribution in [0, 0.1) is 4.91 Å². The Morgan fingerprint density at radius 2 is 1.69 bits per heavy atom. The van der Waals surface area contributed by atoms with Crippen molar-refractivity contribution >= 4 is 28.8 Å². The predicted octanol–water partition coefficient (Wildman–Crippen LogP) is 2.09. The van der Waals surface area contributed by atoms with E-state index in [1.165, 1.54) is 6.34 Å². The zero-order valence-corrected chi connectivity index (χ0v) is 13.0. The maximum atomic E-state index is 11.8. The molecule has 1 heterocycles. The third-order valence-corrected chi connectivity index (χ3v) is 9.34. The number of hydrogen-bond acceptors (Lipinski definition) is 4. The van der Waals surface area contributed by atoms with E-state index in [2.05, 4.69) is 53.5 Å². The first kappa shape index (κ1) is 13.2. The third kappa shape index (κ3) is 2.85. The van der Waals surface area contributed by atoms with Gasteiger partial charge in [0.2, 0.25) is 23.1 Å². The summed E-state index contributed by atoms with van der Waals surface area (Å²) in [6.45, 7) is 13.6. The number of guanidine groups is 1. The zero-order valence-electron chi connectivity index (χ0n) is 11.0. The van der Waals surface area contributed by atoms with Crippen molar-refractivity contribution in [2.45, 2.75) is 39.3 Å². The average molecular weight is 257 g/mol. The van der Waals surface area contributed by atoms with E-state index in [1.54, 1.807) is 0 Å². The van der Waals surface area contributed by atoms with Crippen LogP contribution in [0.5, 0.6) is 0 Å². The third-order valence-electron chi connectivity index (χ3n) is 2.23. The molecule has 5 nitrogen and oxygen atoms in total. The Morgan fingerprint density at radius 3 is 2.06 bits per heavy atom. The molecule has 0 aromatic heterocycles. The van der Waals surface area contributed by atoms with Gasteiger partial charge in [0.1, 0.15) is 0 Å². The molecule has 0 aromatic carbocycles.